The molecular weight excluding hydrogens is 232 g/mol. The van der Waals surface area contributed by atoms with Gasteiger partial charge in [0, 0.05) is 17.8 Å². The van der Waals surface area contributed by atoms with Crippen LogP contribution in [0.15, 0.2) is 42.5 Å². The van der Waals surface area contributed by atoms with Crippen molar-refractivity contribution in [2.24, 2.45) is 0 Å². The molecule has 0 aliphatic rings. The van der Waals surface area contributed by atoms with Crippen LogP contribution in [-0.2, 0) is 0 Å². The predicted octanol–water partition coefficient (Wildman–Crippen LogP) is 4.45. The Kier molecular flexibility index (Phi) is 3.60. The molecule has 0 saturated heterocycles. The summed E-state index contributed by atoms with van der Waals surface area (Å²) in [5.41, 5.74) is 2.27. The maximum absolute atomic E-state index is 13.2. The number of rotatable bonds is 3. The summed E-state index contributed by atoms with van der Waals surface area (Å²) in [5.74, 6) is -1.13. The highest BCUT2D eigenvalue weighted by Gasteiger charge is 2.04. The number of halogens is 2. The Morgan fingerprint density at radius 1 is 0.889 bits per heavy atom. The van der Waals surface area contributed by atoms with Crippen molar-refractivity contribution in [2.45, 2.75) is 19.9 Å². The van der Waals surface area contributed by atoms with E-state index >= 15 is 0 Å². The fourth-order valence-corrected chi connectivity index (χ4v) is 1.84. The molecule has 2 aromatic carbocycles. The predicted molar refractivity (Wildman–Crippen MR) is 70.6 cm³/mol. The highest BCUT2D eigenvalue weighted by atomic mass is 19.1. The molecule has 3 heteroatoms. The van der Waals surface area contributed by atoms with Crippen LogP contribution in [-0.4, -0.2) is 6.04 Å². The molecule has 0 bridgehead atoms. The van der Waals surface area contributed by atoms with Gasteiger partial charge < -0.3 is 5.32 Å². The zero-order valence-corrected chi connectivity index (χ0v) is 10.4. The van der Waals surface area contributed by atoms with Crippen molar-refractivity contribution in [3.8, 4) is 11.1 Å². The van der Waals surface area contributed by atoms with Gasteiger partial charge in [0.15, 0.2) is 0 Å². The molecule has 0 saturated carbocycles. The van der Waals surface area contributed by atoms with Crippen molar-refractivity contribution in [2.75, 3.05) is 5.32 Å². The second-order valence-electron chi connectivity index (χ2n) is 4.54. The van der Waals surface area contributed by atoms with Crippen LogP contribution in [0.4, 0.5) is 14.5 Å². The van der Waals surface area contributed by atoms with Gasteiger partial charge in [-0.15, -0.1) is 0 Å². The number of nitrogens with one attached hydrogen (secondary N) is 1. The first-order chi connectivity index (χ1) is 8.54. The zero-order chi connectivity index (χ0) is 13.1. The molecule has 1 N–H and O–H groups in total. The number of benzene rings is 2. The summed E-state index contributed by atoms with van der Waals surface area (Å²) in [6.07, 6.45) is 0. The van der Waals surface area contributed by atoms with Gasteiger partial charge in [-0.3, -0.25) is 0 Å². The molecule has 2 aromatic rings. The van der Waals surface area contributed by atoms with Crippen LogP contribution in [0.1, 0.15) is 13.8 Å². The van der Waals surface area contributed by atoms with Gasteiger partial charge in [0.2, 0.25) is 0 Å². The highest BCUT2D eigenvalue weighted by Crippen LogP contribution is 2.24. The van der Waals surface area contributed by atoms with E-state index in [9.17, 15) is 8.78 Å². The first kappa shape index (κ1) is 12.6. The lowest BCUT2D eigenvalue weighted by Gasteiger charge is -2.11. The lowest BCUT2D eigenvalue weighted by atomic mass is 10.0. The van der Waals surface area contributed by atoms with Crippen LogP contribution in [0.5, 0.6) is 0 Å². The molecule has 18 heavy (non-hydrogen) atoms. The van der Waals surface area contributed by atoms with Crippen molar-refractivity contribution < 1.29 is 8.78 Å². The molecule has 0 heterocycles. The largest absolute Gasteiger partial charge is 0.383 e. The summed E-state index contributed by atoms with van der Waals surface area (Å²) in [4.78, 5) is 0. The van der Waals surface area contributed by atoms with Gasteiger partial charge in [-0.2, -0.15) is 0 Å². The SMILES string of the molecule is CC(C)Nc1cccc(-c2cc(F)cc(F)c2)c1. The first-order valence-electron chi connectivity index (χ1n) is 5.87. The van der Waals surface area contributed by atoms with Gasteiger partial charge in [-0.05, 0) is 49.2 Å². The Morgan fingerprint density at radius 3 is 2.17 bits per heavy atom. The topological polar surface area (TPSA) is 12.0 Å². The molecule has 1 nitrogen and oxygen atoms in total. The van der Waals surface area contributed by atoms with Crippen molar-refractivity contribution in [1.82, 2.24) is 0 Å². The van der Waals surface area contributed by atoms with E-state index in [1.165, 1.54) is 12.1 Å². The van der Waals surface area contributed by atoms with Crippen LogP contribution in [0.2, 0.25) is 0 Å². The van der Waals surface area contributed by atoms with Crippen LogP contribution < -0.4 is 5.32 Å². The zero-order valence-electron chi connectivity index (χ0n) is 10.4. The van der Waals surface area contributed by atoms with Crippen molar-refractivity contribution in [3.05, 3.63) is 54.1 Å². The minimum Gasteiger partial charge on any atom is -0.383 e. The summed E-state index contributed by atoms with van der Waals surface area (Å²) < 4.78 is 26.3. The quantitative estimate of drug-likeness (QED) is 0.844. The second kappa shape index (κ2) is 5.17. The number of anilines is 1. The van der Waals surface area contributed by atoms with E-state index in [4.69, 9.17) is 0 Å². The third-order valence-corrected chi connectivity index (χ3v) is 2.51. The molecule has 0 aromatic heterocycles. The van der Waals surface area contributed by atoms with Crippen LogP contribution in [0, 0.1) is 11.6 Å². The van der Waals surface area contributed by atoms with Crippen LogP contribution in [0.25, 0.3) is 11.1 Å². The Morgan fingerprint density at radius 2 is 1.56 bits per heavy atom. The van der Waals surface area contributed by atoms with Crippen molar-refractivity contribution >= 4 is 5.69 Å². The van der Waals surface area contributed by atoms with Gasteiger partial charge in [-0.25, -0.2) is 8.78 Å². The summed E-state index contributed by atoms with van der Waals surface area (Å²) in [6, 6.07) is 11.4. The Balaban J connectivity index is 2.38. The average Bonchev–Trinajstić information content (AvgIpc) is 2.27. The fourth-order valence-electron chi connectivity index (χ4n) is 1.84. The molecule has 0 unspecified atom stereocenters. The first-order valence-corrected chi connectivity index (χ1v) is 5.87. The third-order valence-electron chi connectivity index (χ3n) is 2.51. The molecule has 0 amide bonds. The maximum atomic E-state index is 13.2. The summed E-state index contributed by atoms with van der Waals surface area (Å²) in [6.45, 7) is 4.07. The van der Waals surface area contributed by atoms with Gasteiger partial charge in [0.05, 0.1) is 0 Å². The van der Waals surface area contributed by atoms with E-state index in [0.717, 1.165) is 17.3 Å². The summed E-state index contributed by atoms with van der Waals surface area (Å²) in [5, 5.41) is 3.26. The Bertz CT molecular complexity index is 530. The van der Waals surface area contributed by atoms with Gasteiger partial charge >= 0.3 is 0 Å². The van der Waals surface area contributed by atoms with E-state index in [1.54, 1.807) is 0 Å². The van der Waals surface area contributed by atoms with Gasteiger partial charge in [-0.1, -0.05) is 12.1 Å². The Labute approximate surface area is 105 Å². The number of hydrogen-bond donors (Lipinski definition) is 1. The van der Waals surface area contributed by atoms with E-state index in [-0.39, 0.29) is 0 Å². The standard InChI is InChI=1S/C15H15F2N/c1-10(2)18-15-5-3-4-11(8-15)12-6-13(16)9-14(17)7-12/h3-10,18H,1-2H3. The van der Waals surface area contributed by atoms with E-state index < -0.39 is 11.6 Å². The van der Waals surface area contributed by atoms with Crippen LogP contribution in [0.3, 0.4) is 0 Å². The molecule has 0 aliphatic heterocycles. The van der Waals surface area contributed by atoms with Gasteiger partial charge in [0.25, 0.3) is 0 Å². The van der Waals surface area contributed by atoms with Crippen LogP contribution >= 0.6 is 0 Å². The molecule has 0 aliphatic carbocycles. The minimum atomic E-state index is -0.563. The monoisotopic (exact) mass is 247 g/mol. The van der Waals surface area contributed by atoms with Crippen molar-refractivity contribution in [1.29, 1.82) is 0 Å². The molecule has 94 valence electrons. The lowest BCUT2D eigenvalue weighted by molar-refractivity contribution is 0.584. The second-order valence-corrected chi connectivity index (χ2v) is 4.54. The molecule has 0 spiro atoms. The molecule has 0 fully saturated rings. The normalized spacial score (nSPS) is 10.7. The highest BCUT2D eigenvalue weighted by molar-refractivity contribution is 5.68. The Hall–Kier alpha value is -1.90. The molecular formula is C15H15F2N. The van der Waals surface area contributed by atoms with E-state index in [1.807, 2.05) is 38.1 Å². The summed E-state index contributed by atoms with van der Waals surface area (Å²) >= 11 is 0. The molecule has 2 rings (SSSR count). The van der Waals surface area contributed by atoms with Crippen molar-refractivity contribution in [3.63, 3.8) is 0 Å². The minimum absolute atomic E-state index is 0.310. The fraction of sp³-hybridized carbons (Fsp3) is 0.200. The third kappa shape index (κ3) is 3.06. The number of hydrogen-bond acceptors (Lipinski definition) is 1. The van der Waals surface area contributed by atoms with E-state index in [0.29, 0.717) is 11.6 Å². The summed E-state index contributed by atoms with van der Waals surface area (Å²) in [7, 11) is 0. The maximum Gasteiger partial charge on any atom is 0.126 e. The smallest absolute Gasteiger partial charge is 0.126 e. The van der Waals surface area contributed by atoms with E-state index in [2.05, 4.69) is 5.32 Å². The average molecular weight is 247 g/mol. The molecule has 0 radical (unpaired) electrons. The lowest BCUT2D eigenvalue weighted by Crippen LogP contribution is -2.09. The molecule has 0 atom stereocenters. The van der Waals surface area contributed by atoms with Gasteiger partial charge in [0.1, 0.15) is 11.6 Å².